The average molecular weight is 453 g/mol. The number of ether oxygens (including phenoxy) is 4. The second kappa shape index (κ2) is 11.1. The number of likely N-dealkylation sites (tertiary alicyclic amines) is 1. The highest BCUT2D eigenvalue weighted by Gasteiger charge is 2.35. The maximum absolute atomic E-state index is 13.0. The van der Waals surface area contributed by atoms with Crippen LogP contribution in [0, 0.1) is 11.3 Å². The van der Waals surface area contributed by atoms with Gasteiger partial charge in [-0.25, -0.2) is 0 Å². The van der Waals surface area contributed by atoms with Gasteiger partial charge in [-0.05, 0) is 42.7 Å². The van der Waals surface area contributed by atoms with Gasteiger partial charge in [0.1, 0.15) is 12.1 Å². The topological polar surface area (TPSA) is 110 Å². The summed E-state index contributed by atoms with van der Waals surface area (Å²) >= 11 is 0. The number of nitrogens with zero attached hydrogens (tertiary/aromatic N) is 2. The third-order valence-electron chi connectivity index (χ3n) is 5.45. The molecule has 1 fully saturated rings. The largest absolute Gasteiger partial charge is 0.493 e. The first-order valence-electron chi connectivity index (χ1n) is 10.5. The summed E-state index contributed by atoms with van der Waals surface area (Å²) in [7, 11) is 4.54. The fraction of sp³-hybridized carbons (Fsp3) is 0.375. The number of benzene rings is 2. The molecule has 1 heterocycles. The van der Waals surface area contributed by atoms with E-state index in [2.05, 4.69) is 11.4 Å². The van der Waals surface area contributed by atoms with Crippen LogP contribution in [0.1, 0.15) is 24.4 Å². The Morgan fingerprint density at radius 1 is 1.06 bits per heavy atom. The Labute approximate surface area is 192 Å². The number of hydrogen-bond donors (Lipinski definition) is 1. The quantitative estimate of drug-likeness (QED) is 0.621. The van der Waals surface area contributed by atoms with Gasteiger partial charge in [-0.15, -0.1) is 0 Å². The van der Waals surface area contributed by atoms with Crippen molar-refractivity contribution in [3.8, 4) is 29.1 Å². The fourth-order valence-corrected chi connectivity index (χ4v) is 3.76. The molecule has 1 aliphatic rings. The zero-order valence-corrected chi connectivity index (χ0v) is 18.9. The van der Waals surface area contributed by atoms with Crippen LogP contribution in [0.4, 0.5) is 0 Å². The Morgan fingerprint density at radius 2 is 1.73 bits per heavy atom. The lowest BCUT2D eigenvalue weighted by Gasteiger charge is -2.25. The summed E-state index contributed by atoms with van der Waals surface area (Å²) in [4.78, 5) is 27.3. The first-order chi connectivity index (χ1) is 16.0. The van der Waals surface area contributed by atoms with Crippen LogP contribution in [0.5, 0.6) is 23.0 Å². The zero-order valence-electron chi connectivity index (χ0n) is 18.9. The van der Waals surface area contributed by atoms with Gasteiger partial charge in [-0.2, -0.15) is 5.26 Å². The number of nitrogens with one attached hydrogen (secondary N) is 1. The van der Waals surface area contributed by atoms with Gasteiger partial charge in [0, 0.05) is 6.54 Å². The Hall–Kier alpha value is -3.93. The van der Waals surface area contributed by atoms with Gasteiger partial charge < -0.3 is 29.2 Å². The Balaban J connectivity index is 1.66. The summed E-state index contributed by atoms with van der Waals surface area (Å²) in [6.45, 7) is 0.224. The van der Waals surface area contributed by atoms with Gasteiger partial charge in [0.15, 0.2) is 29.6 Å². The van der Waals surface area contributed by atoms with Gasteiger partial charge >= 0.3 is 0 Å². The van der Waals surface area contributed by atoms with Crippen LogP contribution in [-0.2, 0) is 9.59 Å². The van der Waals surface area contributed by atoms with E-state index in [-0.39, 0.29) is 18.4 Å². The summed E-state index contributed by atoms with van der Waals surface area (Å²) in [5.74, 6) is 1.25. The van der Waals surface area contributed by atoms with E-state index in [1.165, 1.54) is 26.2 Å². The number of para-hydroxylation sites is 2. The van der Waals surface area contributed by atoms with Crippen molar-refractivity contribution >= 4 is 11.8 Å². The molecule has 33 heavy (non-hydrogen) atoms. The van der Waals surface area contributed by atoms with E-state index in [1.54, 1.807) is 42.5 Å². The summed E-state index contributed by atoms with van der Waals surface area (Å²) in [6.07, 6.45) is 1.20. The summed E-state index contributed by atoms with van der Waals surface area (Å²) in [5.41, 5.74) is 0.555. The molecular formula is C24H27N3O6. The molecule has 0 radical (unpaired) electrons. The molecule has 1 N–H and O–H groups in total. The van der Waals surface area contributed by atoms with Gasteiger partial charge in [-0.3, -0.25) is 9.59 Å². The van der Waals surface area contributed by atoms with Crippen molar-refractivity contribution < 1.29 is 28.5 Å². The number of hydrogen-bond acceptors (Lipinski definition) is 7. The molecule has 0 aliphatic carbocycles. The molecule has 2 aromatic rings. The Bertz CT molecular complexity index is 1040. The lowest BCUT2D eigenvalue weighted by atomic mass is 10.1. The predicted octanol–water partition coefficient (Wildman–Crippen LogP) is 2.46. The predicted molar refractivity (Wildman–Crippen MR) is 119 cm³/mol. The lowest BCUT2D eigenvalue weighted by molar-refractivity contribution is -0.140. The molecule has 9 heteroatoms. The van der Waals surface area contributed by atoms with Crippen LogP contribution < -0.4 is 24.3 Å². The maximum Gasteiger partial charge on any atom is 0.261 e. The van der Waals surface area contributed by atoms with Gasteiger partial charge in [0.25, 0.3) is 5.91 Å². The molecule has 174 valence electrons. The molecule has 2 amide bonds. The summed E-state index contributed by atoms with van der Waals surface area (Å²) < 4.78 is 21.4. The molecule has 1 saturated heterocycles. The molecule has 3 rings (SSSR count). The molecule has 0 aromatic heterocycles. The first kappa shape index (κ1) is 23.7. The van der Waals surface area contributed by atoms with Crippen molar-refractivity contribution in [3.05, 3.63) is 48.0 Å². The van der Waals surface area contributed by atoms with E-state index in [9.17, 15) is 14.9 Å². The molecular weight excluding hydrogens is 426 g/mol. The van der Waals surface area contributed by atoms with Crippen LogP contribution in [-0.4, -0.2) is 57.2 Å². The van der Waals surface area contributed by atoms with E-state index >= 15 is 0 Å². The van der Waals surface area contributed by atoms with Gasteiger partial charge in [0.05, 0.1) is 27.4 Å². The van der Waals surface area contributed by atoms with Crippen molar-refractivity contribution in [3.63, 3.8) is 0 Å². The molecule has 2 aromatic carbocycles. The first-order valence-corrected chi connectivity index (χ1v) is 10.5. The third kappa shape index (κ3) is 5.47. The highest BCUT2D eigenvalue weighted by molar-refractivity contribution is 5.89. The summed E-state index contributed by atoms with van der Waals surface area (Å²) in [6, 6.07) is 12.6. The van der Waals surface area contributed by atoms with Crippen molar-refractivity contribution in [1.29, 1.82) is 5.26 Å². The maximum atomic E-state index is 13.0. The lowest BCUT2D eigenvalue weighted by Crippen LogP contribution is -2.48. The van der Waals surface area contributed by atoms with Crippen molar-refractivity contribution in [2.75, 3.05) is 34.5 Å². The van der Waals surface area contributed by atoms with E-state index in [1.807, 2.05) is 0 Å². The number of carbonyl (C=O) groups excluding carboxylic acids is 2. The van der Waals surface area contributed by atoms with Gasteiger partial charge in [-0.1, -0.05) is 18.2 Å². The number of methoxy groups -OCH3 is 3. The highest BCUT2D eigenvalue weighted by Crippen LogP contribution is 2.30. The minimum absolute atomic E-state index is 0.221. The van der Waals surface area contributed by atoms with Crippen molar-refractivity contribution in [1.82, 2.24) is 10.2 Å². The zero-order chi connectivity index (χ0) is 23.8. The minimum Gasteiger partial charge on any atom is -0.493 e. The van der Waals surface area contributed by atoms with Crippen molar-refractivity contribution in [2.45, 2.75) is 24.9 Å². The van der Waals surface area contributed by atoms with Gasteiger partial charge in [0.2, 0.25) is 5.91 Å². The summed E-state index contributed by atoms with van der Waals surface area (Å²) in [5, 5.41) is 12.4. The Morgan fingerprint density at radius 3 is 2.39 bits per heavy atom. The highest BCUT2D eigenvalue weighted by atomic mass is 16.5. The minimum atomic E-state index is -0.903. The monoisotopic (exact) mass is 453 g/mol. The van der Waals surface area contributed by atoms with Crippen LogP contribution in [0.2, 0.25) is 0 Å². The molecule has 9 nitrogen and oxygen atoms in total. The SMILES string of the molecule is COc1ccc(C(C#N)NC(=O)[C@@H]2CCCN2C(=O)COc2ccccc2OC)cc1OC. The van der Waals surface area contributed by atoms with E-state index in [4.69, 9.17) is 18.9 Å². The van der Waals surface area contributed by atoms with Crippen LogP contribution in [0.25, 0.3) is 0 Å². The standard InChI is InChI=1S/C24H27N3O6/c1-30-19-8-4-5-9-21(19)33-15-23(28)27-12-6-7-18(27)24(29)26-17(14-25)16-10-11-20(31-2)22(13-16)32-3/h4-5,8-11,13,17-18H,6-7,12,15H2,1-3H3,(H,26,29)/t17?,18-/m0/s1. The number of nitriles is 1. The molecule has 1 aliphatic heterocycles. The molecule has 0 saturated carbocycles. The second-order valence-corrected chi connectivity index (χ2v) is 7.37. The number of rotatable bonds is 9. The van der Waals surface area contributed by atoms with E-state index in [0.29, 0.717) is 47.9 Å². The van der Waals surface area contributed by atoms with Crippen LogP contribution in [0.15, 0.2) is 42.5 Å². The smallest absolute Gasteiger partial charge is 0.261 e. The van der Waals surface area contributed by atoms with Crippen LogP contribution in [0.3, 0.4) is 0 Å². The van der Waals surface area contributed by atoms with Crippen molar-refractivity contribution in [2.24, 2.45) is 0 Å². The number of amides is 2. The second-order valence-electron chi connectivity index (χ2n) is 7.37. The molecule has 0 bridgehead atoms. The normalized spacial score (nSPS) is 15.8. The van der Waals surface area contributed by atoms with Crippen LogP contribution >= 0.6 is 0 Å². The average Bonchev–Trinajstić information content (AvgIpc) is 3.35. The molecule has 0 spiro atoms. The molecule has 2 atom stereocenters. The Kier molecular flexibility index (Phi) is 7.97. The van der Waals surface area contributed by atoms with E-state index in [0.717, 1.165) is 0 Å². The third-order valence-corrected chi connectivity index (χ3v) is 5.45. The van der Waals surface area contributed by atoms with E-state index < -0.39 is 12.1 Å². The number of carbonyl (C=O) groups is 2. The molecule has 1 unspecified atom stereocenters. The fourth-order valence-electron chi connectivity index (χ4n) is 3.76.